The number of benzene rings is 3. The van der Waals surface area contributed by atoms with Crippen LogP contribution >= 0.6 is 0 Å². The van der Waals surface area contributed by atoms with Crippen molar-refractivity contribution in [3.8, 4) is 28.1 Å². The Hall–Kier alpha value is -4.71. The second kappa shape index (κ2) is 9.20. The summed E-state index contributed by atoms with van der Waals surface area (Å²) in [6, 6.07) is 33.4. The van der Waals surface area contributed by atoms with Crippen LogP contribution in [0.1, 0.15) is 16.2 Å². The van der Waals surface area contributed by atoms with Gasteiger partial charge in [-0.25, -0.2) is 10.1 Å². The Morgan fingerprint density at radius 2 is 1.48 bits per heavy atom. The van der Waals surface area contributed by atoms with Gasteiger partial charge in [-0.1, -0.05) is 72.8 Å². The number of hydrazone groups is 1. The van der Waals surface area contributed by atoms with Crippen LogP contribution in [0.3, 0.4) is 0 Å². The van der Waals surface area contributed by atoms with E-state index in [2.05, 4.69) is 39.9 Å². The number of furan rings is 1. The predicted molar refractivity (Wildman–Crippen MR) is 128 cm³/mol. The Balaban J connectivity index is 1.47. The highest BCUT2D eigenvalue weighted by Crippen LogP contribution is 2.27. The van der Waals surface area contributed by atoms with Gasteiger partial charge in [0.05, 0.1) is 23.9 Å². The van der Waals surface area contributed by atoms with Crippen LogP contribution in [-0.2, 0) is 0 Å². The molecule has 0 aliphatic rings. The Bertz CT molecular complexity index is 1370. The van der Waals surface area contributed by atoms with Gasteiger partial charge in [-0.15, -0.1) is 0 Å². The fourth-order valence-electron chi connectivity index (χ4n) is 3.50. The maximum absolute atomic E-state index is 12.7. The van der Waals surface area contributed by atoms with Crippen LogP contribution in [0.25, 0.3) is 28.1 Å². The molecule has 0 saturated heterocycles. The molecule has 0 spiro atoms. The second-order valence-electron chi connectivity index (χ2n) is 7.32. The minimum absolute atomic E-state index is 0.262. The number of carbonyl (C=O) groups is 1. The molecule has 0 atom stereocenters. The van der Waals surface area contributed by atoms with Gasteiger partial charge < -0.3 is 4.42 Å². The average molecular weight is 432 g/mol. The number of aromatic nitrogens is 2. The quantitative estimate of drug-likeness (QED) is 0.282. The van der Waals surface area contributed by atoms with Crippen molar-refractivity contribution >= 4 is 12.1 Å². The van der Waals surface area contributed by atoms with Crippen LogP contribution < -0.4 is 5.43 Å². The number of nitrogens with zero attached hydrogens (tertiary/aromatic N) is 3. The molecule has 6 nitrogen and oxygen atoms in total. The van der Waals surface area contributed by atoms with Crippen molar-refractivity contribution in [3.63, 3.8) is 0 Å². The molecule has 0 radical (unpaired) electrons. The third-order valence-corrected chi connectivity index (χ3v) is 5.13. The highest BCUT2D eigenvalue weighted by molar-refractivity contribution is 5.94. The van der Waals surface area contributed by atoms with Crippen molar-refractivity contribution in [1.82, 2.24) is 15.2 Å². The van der Waals surface area contributed by atoms with Gasteiger partial charge in [0, 0.05) is 5.56 Å². The summed E-state index contributed by atoms with van der Waals surface area (Å²) in [5.74, 6) is 0.138. The minimum atomic E-state index is -0.408. The van der Waals surface area contributed by atoms with E-state index in [-0.39, 0.29) is 5.69 Å². The van der Waals surface area contributed by atoms with Crippen molar-refractivity contribution in [1.29, 1.82) is 0 Å². The largest absolute Gasteiger partial charge is 0.463 e. The molecule has 0 bridgehead atoms. The molecule has 2 aromatic heterocycles. The van der Waals surface area contributed by atoms with Crippen molar-refractivity contribution in [2.45, 2.75) is 0 Å². The van der Waals surface area contributed by atoms with E-state index in [1.165, 1.54) is 6.21 Å². The summed E-state index contributed by atoms with van der Waals surface area (Å²) in [6.07, 6.45) is 2.98. The maximum Gasteiger partial charge on any atom is 0.291 e. The lowest BCUT2D eigenvalue weighted by Gasteiger charge is -2.08. The van der Waals surface area contributed by atoms with Gasteiger partial charge in [-0.05, 0) is 41.5 Å². The van der Waals surface area contributed by atoms with E-state index in [0.717, 1.165) is 28.1 Å². The number of rotatable bonds is 6. The molecule has 0 aliphatic carbocycles. The lowest BCUT2D eigenvalue weighted by molar-refractivity contribution is 0.0949. The average Bonchev–Trinajstić information content (AvgIpc) is 3.56. The first-order chi connectivity index (χ1) is 16.3. The zero-order valence-corrected chi connectivity index (χ0v) is 17.6. The molecule has 0 saturated carbocycles. The van der Waals surface area contributed by atoms with Crippen molar-refractivity contribution < 1.29 is 9.21 Å². The van der Waals surface area contributed by atoms with Crippen LogP contribution in [0.5, 0.6) is 0 Å². The zero-order valence-electron chi connectivity index (χ0n) is 17.6. The van der Waals surface area contributed by atoms with Crippen molar-refractivity contribution in [2.75, 3.05) is 0 Å². The lowest BCUT2D eigenvalue weighted by Crippen LogP contribution is -2.18. The third-order valence-electron chi connectivity index (χ3n) is 5.13. The normalized spacial score (nSPS) is 11.0. The molecule has 5 rings (SSSR count). The molecule has 0 unspecified atom stereocenters. The molecule has 2 heterocycles. The SMILES string of the molecule is O=C(N/N=C\c1ccco1)c1cc(-c2ccc(-c3ccccc3)cc2)n(-c2ccccc2)n1. The first-order valence-electron chi connectivity index (χ1n) is 10.5. The fraction of sp³-hybridized carbons (Fsp3) is 0. The van der Waals surface area contributed by atoms with Crippen molar-refractivity contribution in [2.24, 2.45) is 5.10 Å². The molecule has 3 aromatic carbocycles. The number of para-hydroxylation sites is 1. The number of hydrogen-bond acceptors (Lipinski definition) is 4. The Kier molecular flexibility index (Phi) is 5.63. The summed E-state index contributed by atoms with van der Waals surface area (Å²) in [4.78, 5) is 12.7. The number of carbonyl (C=O) groups excluding carboxylic acids is 1. The number of amides is 1. The van der Waals surface area contributed by atoms with Crippen LogP contribution in [-0.4, -0.2) is 21.9 Å². The second-order valence-corrected chi connectivity index (χ2v) is 7.32. The van der Waals surface area contributed by atoms with E-state index in [1.54, 1.807) is 29.1 Å². The van der Waals surface area contributed by atoms with Crippen LogP contribution in [0.15, 0.2) is 119 Å². The molecule has 0 fully saturated rings. The third kappa shape index (κ3) is 4.50. The van der Waals surface area contributed by atoms with Crippen LogP contribution in [0.4, 0.5) is 0 Å². The lowest BCUT2D eigenvalue weighted by atomic mass is 10.0. The van der Waals surface area contributed by atoms with Gasteiger partial charge in [0.1, 0.15) is 5.76 Å². The molecular weight excluding hydrogens is 412 g/mol. The van der Waals surface area contributed by atoms with Gasteiger partial charge in [0.15, 0.2) is 5.69 Å². The van der Waals surface area contributed by atoms with Crippen molar-refractivity contribution in [3.05, 3.63) is 121 Å². The molecule has 6 heteroatoms. The highest BCUT2D eigenvalue weighted by atomic mass is 16.3. The molecule has 1 N–H and O–H groups in total. The summed E-state index contributed by atoms with van der Waals surface area (Å²) in [6.45, 7) is 0. The monoisotopic (exact) mass is 432 g/mol. The molecule has 5 aromatic rings. The Labute approximate surface area is 190 Å². The molecule has 0 aliphatic heterocycles. The van der Waals surface area contributed by atoms with E-state index in [4.69, 9.17) is 4.42 Å². The first-order valence-corrected chi connectivity index (χ1v) is 10.5. The van der Waals surface area contributed by atoms with Gasteiger partial charge in [-0.3, -0.25) is 4.79 Å². The zero-order chi connectivity index (χ0) is 22.5. The topological polar surface area (TPSA) is 72.4 Å². The van der Waals surface area contributed by atoms with Gasteiger partial charge >= 0.3 is 0 Å². The Morgan fingerprint density at radius 3 is 2.18 bits per heavy atom. The molecule has 33 heavy (non-hydrogen) atoms. The predicted octanol–water partition coefficient (Wildman–Crippen LogP) is 5.56. The van der Waals surface area contributed by atoms with E-state index in [9.17, 15) is 4.79 Å². The number of hydrogen-bond donors (Lipinski definition) is 1. The summed E-state index contributed by atoms with van der Waals surface area (Å²) in [5, 5.41) is 8.51. The first kappa shape index (κ1) is 20.2. The van der Waals surface area contributed by atoms with Crippen LogP contribution in [0.2, 0.25) is 0 Å². The van der Waals surface area contributed by atoms with Crippen LogP contribution in [0, 0.1) is 0 Å². The molecular formula is C27H20N4O2. The summed E-state index contributed by atoms with van der Waals surface area (Å²) in [7, 11) is 0. The standard InChI is InChI=1S/C27H20N4O2/c32-27(29-28-19-24-12-7-17-33-24)25-18-26(31(30-25)23-10-5-2-6-11-23)22-15-13-21(14-16-22)20-8-3-1-4-9-20/h1-19H,(H,29,32)/b28-19-. The number of nitrogens with one attached hydrogen (secondary N) is 1. The van der Waals surface area contributed by atoms with E-state index >= 15 is 0 Å². The minimum Gasteiger partial charge on any atom is -0.463 e. The summed E-state index contributed by atoms with van der Waals surface area (Å²) >= 11 is 0. The highest BCUT2D eigenvalue weighted by Gasteiger charge is 2.16. The fourth-order valence-corrected chi connectivity index (χ4v) is 3.50. The van der Waals surface area contributed by atoms with Gasteiger partial charge in [-0.2, -0.15) is 10.2 Å². The molecule has 160 valence electrons. The van der Waals surface area contributed by atoms with Gasteiger partial charge in [0.25, 0.3) is 5.91 Å². The maximum atomic E-state index is 12.7. The Morgan fingerprint density at radius 1 is 0.818 bits per heavy atom. The van der Waals surface area contributed by atoms with E-state index < -0.39 is 5.91 Å². The van der Waals surface area contributed by atoms with E-state index in [0.29, 0.717) is 5.76 Å². The van der Waals surface area contributed by atoms with Gasteiger partial charge in [0.2, 0.25) is 0 Å². The molecule has 1 amide bonds. The summed E-state index contributed by atoms with van der Waals surface area (Å²) < 4.78 is 6.95. The van der Waals surface area contributed by atoms with E-state index in [1.807, 2.05) is 60.7 Å². The summed E-state index contributed by atoms with van der Waals surface area (Å²) in [5.41, 5.74) is 7.65. The smallest absolute Gasteiger partial charge is 0.291 e.